The molecule has 0 aliphatic carbocycles. The van der Waals surface area contributed by atoms with Crippen LogP contribution in [0.25, 0.3) is 0 Å². The van der Waals surface area contributed by atoms with Gasteiger partial charge in [0.15, 0.2) is 0 Å². The molecular formula is C27H27Cl2N3O. The fourth-order valence-corrected chi connectivity index (χ4v) is 4.66. The molecule has 0 spiro atoms. The van der Waals surface area contributed by atoms with E-state index in [1.807, 2.05) is 24.3 Å². The molecule has 0 aromatic heterocycles. The molecule has 1 N–H and O–H groups in total. The lowest BCUT2D eigenvalue weighted by atomic mass is 9.90. The Hall–Kier alpha value is -2.66. The highest BCUT2D eigenvalue weighted by Crippen LogP contribution is 2.23. The maximum absolute atomic E-state index is 12.4. The SMILES string of the molecule is O=C(N/N=C\c1c(Cl)cccc1Cl)c1ccc(CN2CCC(Cc3ccccc3)CC2)cc1. The second kappa shape index (κ2) is 11.5. The zero-order valence-corrected chi connectivity index (χ0v) is 19.9. The van der Waals surface area contributed by atoms with Gasteiger partial charge in [-0.15, -0.1) is 0 Å². The van der Waals surface area contributed by atoms with E-state index in [4.69, 9.17) is 23.2 Å². The van der Waals surface area contributed by atoms with Crippen LogP contribution >= 0.6 is 23.2 Å². The van der Waals surface area contributed by atoms with Crippen LogP contribution in [-0.4, -0.2) is 30.1 Å². The molecule has 1 fully saturated rings. The third-order valence-electron chi connectivity index (χ3n) is 6.06. The molecule has 0 radical (unpaired) electrons. The highest BCUT2D eigenvalue weighted by atomic mass is 35.5. The zero-order valence-electron chi connectivity index (χ0n) is 18.4. The fraction of sp³-hybridized carbons (Fsp3) is 0.259. The van der Waals surface area contributed by atoms with Gasteiger partial charge in [-0.1, -0.05) is 71.7 Å². The molecule has 1 aliphatic heterocycles. The molecular weight excluding hydrogens is 453 g/mol. The van der Waals surface area contributed by atoms with Crippen molar-refractivity contribution in [3.63, 3.8) is 0 Å². The second-order valence-corrected chi connectivity index (χ2v) is 9.26. The topological polar surface area (TPSA) is 44.7 Å². The number of hydrogen-bond acceptors (Lipinski definition) is 3. The molecule has 0 unspecified atom stereocenters. The normalized spacial score (nSPS) is 15.1. The van der Waals surface area contributed by atoms with Crippen molar-refractivity contribution < 1.29 is 4.79 Å². The average Bonchev–Trinajstić information content (AvgIpc) is 2.83. The number of amides is 1. The summed E-state index contributed by atoms with van der Waals surface area (Å²) in [6.45, 7) is 3.13. The Balaban J connectivity index is 1.24. The number of hydrogen-bond donors (Lipinski definition) is 1. The van der Waals surface area contributed by atoms with Crippen LogP contribution in [0.15, 0.2) is 77.9 Å². The van der Waals surface area contributed by atoms with E-state index in [0.717, 1.165) is 25.6 Å². The quantitative estimate of drug-likeness (QED) is 0.323. The van der Waals surface area contributed by atoms with E-state index in [0.29, 0.717) is 21.2 Å². The van der Waals surface area contributed by atoms with E-state index >= 15 is 0 Å². The summed E-state index contributed by atoms with van der Waals surface area (Å²) in [6.07, 6.45) is 5.08. The fourth-order valence-electron chi connectivity index (χ4n) is 4.17. The molecule has 0 bridgehead atoms. The molecule has 1 aliphatic rings. The third kappa shape index (κ3) is 6.67. The molecule has 170 valence electrons. The smallest absolute Gasteiger partial charge is 0.271 e. The number of likely N-dealkylation sites (tertiary alicyclic amines) is 1. The maximum Gasteiger partial charge on any atom is 0.271 e. The molecule has 3 aromatic rings. The van der Waals surface area contributed by atoms with Gasteiger partial charge in [0.05, 0.1) is 16.3 Å². The molecule has 1 amide bonds. The Kier molecular flexibility index (Phi) is 8.16. The first-order valence-corrected chi connectivity index (χ1v) is 12.0. The van der Waals surface area contributed by atoms with Gasteiger partial charge in [-0.05, 0) is 73.7 Å². The van der Waals surface area contributed by atoms with E-state index in [1.54, 1.807) is 18.2 Å². The number of nitrogens with zero attached hydrogens (tertiary/aromatic N) is 2. The molecule has 0 saturated carbocycles. The minimum Gasteiger partial charge on any atom is -0.299 e. The molecule has 4 nitrogen and oxygen atoms in total. The highest BCUT2D eigenvalue weighted by molar-refractivity contribution is 6.38. The summed E-state index contributed by atoms with van der Waals surface area (Å²) in [5.74, 6) is 0.485. The first-order chi connectivity index (χ1) is 16.1. The van der Waals surface area contributed by atoms with Crippen LogP contribution < -0.4 is 5.43 Å². The van der Waals surface area contributed by atoms with Gasteiger partial charge < -0.3 is 0 Å². The summed E-state index contributed by atoms with van der Waals surface area (Å²) >= 11 is 12.2. The first-order valence-electron chi connectivity index (χ1n) is 11.2. The third-order valence-corrected chi connectivity index (χ3v) is 6.72. The number of piperidine rings is 1. The van der Waals surface area contributed by atoms with Crippen LogP contribution in [0.4, 0.5) is 0 Å². The number of carbonyl (C=O) groups is 1. The Morgan fingerprint density at radius 2 is 1.58 bits per heavy atom. The number of benzene rings is 3. The summed E-state index contributed by atoms with van der Waals surface area (Å²) in [5, 5.41) is 4.95. The summed E-state index contributed by atoms with van der Waals surface area (Å²) in [6, 6.07) is 23.7. The van der Waals surface area contributed by atoms with Crippen molar-refractivity contribution >= 4 is 35.3 Å². The first kappa shape index (κ1) is 23.5. The van der Waals surface area contributed by atoms with E-state index < -0.39 is 0 Å². The van der Waals surface area contributed by atoms with Gasteiger partial charge in [0.25, 0.3) is 5.91 Å². The van der Waals surface area contributed by atoms with Crippen molar-refractivity contribution in [2.75, 3.05) is 13.1 Å². The molecule has 4 rings (SSSR count). The minimum atomic E-state index is -0.275. The molecule has 0 atom stereocenters. The molecule has 3 aromatic carbocycles. The van der Waals surface area contributed by atoms with Crippen molar-refractivity contribution in [3.05, 3.63) is 105 Å². The lowest BCUT2D eigenvalue weighted by Gasteiger charge is -2.32. The number of halogens is 2. The molecule has 1 saturated heterocycles. The summed E-state index contributed by atoms with van der Waals surface area (Å²) in [7, 11) is 0. The van der Waals surface area contributed by atoms with Crippen LogP contribution in [0.5, 0.6) is 0 Å². The summed E-state index contributed by atoms with van der Waals surface area (Å²) < 4.78 is 0. The minimum absolute atomic E-state index is 0.275. The van der Waals surface area contributed by atoms with E-state index in [2.05, 4.69) is 45.8 Å². The maximum atomic E-state index is 12.4. The number of rotatable bonds is 7. The summed E-state index contributed by atoms with van der Waals surface area (Å²) in [5.41, 5.74) is 6.30. The van der Waals surface area contributed by atoms with Crippen LogP contribution in [0.1, 0.15) is 39.9 Å². The molecule has 6 heteroatoms. The lowest BCUT2D eigenvalue weighted by molar-refractivity contribution is 0.0955. The Labute approximate surface area is 205 Å². The predicted molar refractivity (Wildman–Crippen MR) is 136 cm³/mol. The number of carbonyl (C=O) groups excluding carboxylic acids is 1. The number of nitrogens with one attached hydrogen (secondary N) is 1. The van der Waals surface area contributed by atoms with Gasteiger partial charge in [0.2, 0.25) is 0 Å². The van der Waals surface area contributed by atoms with Crippen molar-refractivity contribution in [2.45, 2.75) is 25.8 Å². The van der Waals surface area contributed by atoms with E-state index in [9.17, 15) is 4.79 Å². The van der Waals surface area contributed by atoms with Crippen molar-refractivity contribution in [3.8, 4) is 0 Å². The van der Waals surface area contributed by atoms with E-state index in [1.165, 1.54) is 36.6 Å². The van der Waals surface area contributed by atoms with Crippen molar-refractivity contribution in [2.24, 2.45) is 11.0 Å². The lowest BCUT2D eigenvalue weighted by Crippen LogP contribution is -2.33. The molecule has 1 heterocycles. The molecule has 33 heavy (non-hydrogen) atoms. The van der Waals surface area contributed by atoms with Crippen LogP contribution in [0.3, 0.4) is 0 Å². The standard InChI is InChI=1S/C27H27Cl2N3O/c28-25-7-4-8-26(29)24(25)18-30-31-27(33)23-11-9-22(10-12-23)19-32-15-13-21(14-16-32)17-20-5-2-1-3-6-20/h1-12,18,21H,13-17,19H2,(H,31,33)/b30-18-. The Morgan fingerprint density at radius 1 is 0.909 bits per heavy atom. The van der Waals surface area contributed by atoms with Crippen LogP contribution in [-0.2, 0) is 13.0 Å². The van der Waals surface area contributed by atoms with Gasteiger partial charge in [0.1, 0.15) is 0 Å². The van der Waals surface area contributed by atoms with E-state index in [-0.39, 0.29) is 5.91 Å². The van der Waals surface area contributed by atoms with Gasteiger partial charge >= 0.3 is 0 Å². The van der Waals surface area contributed by atoms with Crippen molar-refractivity contribution in [1.82, 2.24) is 10.3 Å². The van der Waals surface area contributed by atoms with Crippen LogP contribution in [0.2, 0.25) is 10.0 Å². The monoisotopic (exact) mass is 479 g/mol. The Bertz CT molecular complexity index is 1070. The van der Waals surface area contributed by atoms with Gasteiger partial charge in [-0.2, -0.15) is 5.10 Å². The predicted octanol–water partition coefficient (Wildman–Crippen LogP) is 6.21. The average molecular weight is 480 g/mol. The second-order valence-electron chi connectivity index (χ2n) is 8.44. The van der Waals surface area contributed by atoms with Crippen LogP contribution in [0, 0.1) is 5.92 Å². The van der Waals surface area contributed by atoms with Crippen molar-refractivity contribution in [1.29, 1.82) is 0 Å². The van der Waals surface area contributed by atoms with Gasteiger partial charge in [-0.3, -0.25) is 9.69 Å². The summed E-state index contributed by atoms with van der Waals surface area (Å²) in [4.78, 5) is 14.9. The number of hydrazone groups is 1. The largest absolute Gasteiger partial charge is 0.299 e. The van der Waals surface area contributed by atoms with Gasteiger partial charge in [-0.25, -0.2) is 5.43 Å². The highest BCUT2D eigenvalue weighted by Gasteiger charge is 2.19. The Morgan fingerprint density at radius 3 is 2.24 bits per heavy atom. The zero-order chi connectivity index (χ0) is 23.0. The van der Waals surface area contributed by atoms with Gasteiger partial charge in [0, 0.05) is 17.7 Å².